The van der Waals surface area contributed by atoms with E-state index < -0.39 is 23.1 Å². The maximum absolute atomic E-state index is 14.7. The van der Waals surface area contributed by atoms with Crippen LogP contribution in [0.3, 0.4) is 0 Å². The number of aromatic nitrogens is 2. The van der Waals surface area contributed by atoms with Crippen LogP contribution in [0.5, 0.6) is 5.75 Å². The number of hydrogen-bond acceptors (Lipinski definition) is 7. The summed E-state index contributed by atoms with van der Waals surface area (Å²) in [7, 11) is 1.60. The molecule has 1 atom stereocenters. The molecule has 0 bridgehead atoms. The summed E-state index contributed by atoms with van der Waals surface area (Å²) in [4.78, 5) is 22.1. The first kappa shape index (κ1) is 27.4. The molecule has 5 aromatic rings. The van der Waals surface area contributed by atoms with Gasteiger partial charge in [-0.25, -0.2) is 18.7 Å². The summed E-state index contributed by atoms with van der Waals surface area (Å²) in [6, 6.07) is 12.6. The van der Waals surface area contributed by atoms with E-state index >= 15 is 0 Å². The Morgan fingerprint density at radius 1 is 1.07 bits per heavy atom. The van der Waals surface area contributed by atoms with Crippen molar-refractivity contribution in [2.75, 3.05) is 18.2 Å². The predicted molar refractivity (Wildman–Crippen MR) is 154 cm³/mol. The van der Waals surface area contributed by atoms with Crippen LogP contribution in [0.4, 0.5) is 20.4 Å². The van der Waals surface area contributed by atoms with Crippen LogP contribution in [-0.2, 0) is 0 Å². The molecule has 0 aliphatic carbocycles. The van der Waals surface area contributed by atoms with Crippen molar-refractivity contribution in [3.8, 4) is 16.9 Å². The van der Waals surface area contributed by atoms with E-state index in [1.807, 2.05) is 26.0 Å². The first-order valence-corrected chi connectivity index (χ1v) is 12.8. The molecule has 0 amide bonds. The number of benzene rings is 3. The third-order valence-electron chi connectivity index (χ3n) is 6.88. The SMILES string of the molecule is COc1c(C)cc(C(=[NH2+])c2c(N)ncnc2NC(C)c2oc3cccc(F)c3c(=O)c2-c2cccc(F)c2)cc1C. The second-order valence-corrected chi connectivity index (χ2v) is 9.70. The predicted octanol–water partition coefficient (Wildman–Crippen LogP) is 4.51. The number of fused-ring (bicyclic) bond motifs is 1. The monoisotopic (exact) mass is 556 g/mol. The number of halogens is 2. The summed E-state index contributed by atoms with van der Waals surface area (Å²) in [5.74, 6) is 0.0151. The Morgan fingerprint density at radius 2 is 1.78 bits per heavy atom. The van der Waals surface area contributed by atoms with E-state index in [0.29, 0.717) is 16.8 Å². The number of hydrogen-bond donors (Lipinski definition) is 3. The molecule has 8 nitrogen and oxygen atoms in total. The summed E-state index contributed by atoms with van der Waals surface area (Å²) in [6.07, 6.45) is 1.28. The van der Waals surface area contributed by atoms with Crippen molar-refractivity contribution in [2.24, 2.45) is 0 Å². The van der Waals surface area contributed by atoms with Crippen molar-refractivity contribution < 1.29 is 23.3 Å². The Labute approximate surface area is 234 Å². The van der Waals surface area contributed by atoms with E-state index in [-0.39, 0.29) is 39.5 Å². The van der Waals surface area contributed by atoms with Gasteiger partial charge in [-0.3, -0.25) is 10.2 Å². The molecule has 0 spiro atoms. The zero-order valence-electron chi connectivity index (χ0n) is 22.9. The maximum atomic E-state index is 14.7. The molecule has 0 aliphatic heterocycles. The number of nitrogens with zero attached hydrogens (tertiary/aromatic N) is 2. The minimum absolute atomic E-state index is 0.0176. The summed E-state index contributed by atoms with van der Waals surface area (Å²) >= 11 is 0. The molecular weight excluding hydrogens is 528 g/mol. The van der Waals surface area contributed by atoms with Crippen molar-refractivity contribution in [1.82, 2.24) is 9.97 Å². The fourth-order valence-corrected chi connectivity index (χ4v) is 5.06. The lowest BCUT2D eigenvalue weighted by atomic mass is 9.97. The molecular formula is C31H28F2N5O3+. The molecule has 1 unspecified atom stereocenters. The third kappa shape index (κ3) is 5.00. The number of anilines is 2. The van der Waals surface area contributed by atoms with Crippen LogP contribution in [0, 0.1) is 25.5 Å². The van der Waals surface area contributed by atoms with Crippen LogP contribution in [0.15, 0.2) is 70.1 Å². The Bertz CT molecular complexity index is 1860. The van der Waals surface area contributed by atoms with Gasteiger partial charge >= 0.3 is 0 Å². The zero-order chi connectivity index (χ0) is 29.4. The Hall–Kier alpha value is -5.12. The van der Waals surface area contributed by atoms with Gasteiger partial charge in [-0.05, 0) is 73.9 Å². The fraction of sp³-hybridized carbons (Fsp3) is 0.161. The van der Waals surface area contributed by atoms with Crippen molar-refractivity contribution in [2.45, 2.75) is 26.8 Å². The number of aryl methyl sites for hydroxylation is 2. The quantitative estimate of drug-likeness (QED) is 0.252. The highest BCUT2D eigenvalue weighted by atomic mass is 19.1. The van der Waals surface area contributed by atoms with E-state index in [1.54, 1.807) is 20.1 Å². The van der Waals surface area contributed by atoms with Gasteiger partial charge in [0.2, 0.25) is 11.1 Å². The average molecular weight is 557 g/mol. The van der Waals surface area contributed by atoms with Crippen LogP contribution in [-0.4, -0.2) is 22.8 Å². The highest BCUT2D eigenvalue weighted by Gasteiger charge is 2.27. The molecule has 0 aliphatic rings. The van der Waals surface area contributed by atoms with Crippen molar-refractivity contribution in [1.29, 1.82) is 0 Å². The normalized spacial score (nSPS) is 11.9. The highest BCUT2D eigenvalue weighted by Crippen LogP contribution is 2.33. The topological polar surface area (TPSA) is 129 Å². The van der Waals surface area contributed by atoms with Gasteiger partial charge in [0.1, 0.15) is 57.6 Å². The van der Waals surface area contributed by atoms with E-state index in [4.69, 9.17) is 20.3 Å². The molecule has 0 saturated carbocycles. The lowest BCUT2D eigenvalue weighted by Gasteiger charge is -2.20. The number of nitrogen functional groups attached to an aromatic ring is 1. The molecule has 3 aromatic carbocycles. The van der Waals surface area contributed by atoms with E-state index in [9.17, 15) is 13.6 Å². The van der Waals surface area contributed by atoms with Gasteiger partial charge in [-0.2, -0.15) is 0 Å². The Balaban J connectivity index is 1.64. The molecule has 5 N–H and O–H groups in total. The van der Waals surface area contributed by atoms with Crippen molar-refractivity contribution >= 4 is 28.3 Å². The van der Waals surface area contributed by atoms with Crippen LogP contribution in [0.2, 0.25) is 0 Å². The summed E-state index contributed by atoms with van der Waals surface area (Å²) < 4.78 is 40.6. The Morgan fingerprint density at radius 3 is 2.46 bits per heavy atom. The van der Waals surface area contributed by atoms with Gasteiger partial charge in [0.25, 0.3) is 0 Å². The first-order valence-electron chi connectivity index (χ1n) is 12.8. The molecule has 0 saturated heterocycles. The molecule has 10 heteroatoms. The van der Waals surface area contributed by atoms with Gasteiger partial charge in [0, 0.05) is 5.56 Å². The summed E-state index contributed by atoms with van der Waals surface area (Å²) in [5.41, 5.74) is 9.09. The fourth-order valence-electron chi connectivity index (χ4n) is 5.06. The molecule has 41 heavy (non-hydrogen) atoms. The standard InChI is InChI=1S/C31H27F2N5O3/c1-15-11-19(12-16(2)28(15)40-4)26(34)25-30(35)36-14-37-31(25)38-17(3)29-23(18-7-5-8-20(32)13-18)27(39)24-21(33)9-6-10-22(24)41-29/h5-14,17,34H,1-4H3,(H3,35,36,37,38)/p+1. The lowest BCUT2D eigenvalue weighted by Crippen LogP contribution is -2.42. The molecule has 2 heterocycles. The van der Waals surface area contributed by atoms with E-state index in [2.05, 4.69) is 15.3 Å². The number of ether oxygens (including phenoxy) is 1. The number of rotatable bonds is 7. The third-order valence-corrected chi connectivity index (χ3v) is 6.88. The molecule has 2 aromatic heterocycles. The van der Waals surface area contributed by atoms with Gasteiger partial charge in [-0.15, -0.1) is 0 Å². The second-order valence-electron chi connectivity index (χ2n) is 9.70. The average Bonchev–Trinajstić information content (AvgIpc) is 2.92. The minimum Gasteiger partial charge on any atom is -0.496 e. The van der Waals surface area contributed by atoms with Crippen LogP contribution in [0.25, 0.3) is 22.1 Å². The van der Waals surface area contributed by atoms with Crippen molar-refractivity contribution in [3.05, 3.63) is 111 Å². The van der Waals surface area contributed by atoms with Crippen molar-refractivity contribution in [3.63, 3.8) is 0 Å². The van der Waals surface area contributed by atoms with E-state index in [0.717, 1.165) is 16.9 Å². The van der Waals surface area contributed by atoms with Gasteiger partial charge in [0.05, 0.1) is 18.7 Å². The van der Waals surface area contributed by atoms with Gasteiger partial charge in [-0.1, -0.05) is 18.2 Å². The number of nitrogens with one attached hydrogen (secondary N) is 1. The van der Waals surface area contributed by atoms with Crippen LogP contribution < -0.4 is 26.6 Å². The molecule has 208 valence electrons. The molecule has 0 fully saturated rings. The largest absolute Gasteiger partial charge is 0.496 e. The smallest absolute Gasteiger partial charge is 0.218 e. The minimum atomic E-state index is -0.737. The number of methoxy groups -OCH3 is 1. The maximum Gasteiger partial charge on any atom is 0.218 e. The highest BCUT2D eigenvalue weighted by molar-refractivity contribution is 6.14. The Kier molecular flexibility index (Phi) is 7.23. The number of nitrogens with two attached hydrogens (primary N) is 2. The second kappa shape index (κ2) is 10.8. The zero-order valence-corrected chi connectivity index (χ0v) is 22.9. The summed E-state index contributed by atoms with van der Waals surface area (Å²) in [5, 5.41) is 9.63. The van der Waals surface area contributed by atoms with Crippen LogP contribution >= 0.6 is 0 Å². The van der Waals surface area contributed by atoms with E-state index in [1.165, 1.54) is 42.7 Å². The lowest BCUT2D eigenvalue weighted by molar-refractivity contribution is -0.111. The molecule has 5 rings (SSSR count). The van der Waals surface area contributed by atoms with Crippen LogP contribution in [0.1, 0.15) is 41.0 Å². The molecule has 0 radical (unpaired) electrons. The van der Waals surface area contributed by atoms with Gasteiger partial charge < -0.3 is 20.2 Å². The van der Waals surface area contributed by atoms with Gasteiger partial charge in [0.15, 0.2) is 0 Å². The first-order chi connectivity index (χ1) is 19.6. The summed E-state index contributed by atoms with van der Waals surface area (Å²) in [6.45, 7) is 5.55.